The molecular weight excluding hydrogens is 269 g/mol. The number of ether oxygens (including phenoxy) is 2. The van der Waals surface area contributed by atoms with Crippen LogP contribution in [0.4, 0.5) is 4.39 Å². The lowest BCUT2D eigenvalue weighted by Crippen LogP contribution is -2.06. The molecule has 0 aliphatic carbocycles. The van der Waals surface area contributed by atoms with E-state index in [2.05, 4.69) is 5.32 Å². The Morgan fingerprint density at radius 2 is 1.95 bits per heavy atom. The van der Waals surface area contributed by atoms with Crippen molar-refractivity contribution < 1.29 is 13.9 Å². The molecule has 3 nitrogen and oxygen atoms in total. The first kappa shape index (κ1) is 15.3. The van der Waals surface area contributed by atoms with Crippen LogP contribution in [0, 0.1) is 12.7 Å². The predicted molar refractivity (Wildman–Crippen MR) is 81.2 cm³/mol. The van der Waals surface area contributed by atoms with Gasteiger partial charge in [-0.3, -0.25) is 0 Å². The average Bonchev–Trinajstić information content (AvgIpc) is 2.49. The van der Waals surface area contributed by atoms with Crippen LogP contribution in [0.2, 0.25) is 0 Å². The Morgan fingerprint density at radius 1 is 1.14 bits per heavy atom. The SMILES string of the molecule is CNCc1ccc(OC)c(COc2ccc(C)c(F)c2)c1. The second-order valence-electron chi connectivity index (χ2n) is 4.88. The molecule has 0 heterocycles. The van der Waals surface area contributed by atoms with Gasteiger partial charge in [-0.1, -0.05) is 12.1 Å². The van der Waals surface area contributed by atoms with Crippen LogP contribution in [-0.4, -0.2) is 14.2 Å². The van der Waals surface area contributed by atoms with Gasteiger partial charge in [0.05, 0.1) is 7.11 Å². The Balaban J connectivity index is 2.13. The molecule has 0 aliphatic rings. The second kappa shape index (κ2) is 7.09. The van der Waals surface area contributed by atoms with Crippen LogP contribution in [0.3, 0.4) is 0 Å². The molecule has 0 spiro atoms. The zero-order valence-electron chi connectivity index (χ0n) is 12.6. The van der Waals surface area contributed by atoms with Crippen LogP contribution in [0.25, 0.3) is 0 Å². The number of hydrogen-bond donors (Lipinski definition) is 1. The standard InChI is InChI=1S/C17H20FNO2/c1-12-4-6-15(9-16(12)18)21-11-14-8-13(10-19-2)5-7-17(14)20-3/h4-9,19H,10-11H2,1-3H3. The fourth-order valence-electron chi connectivity index (χ4n) is 2.08. The van der Waals surface area contributed by atoms with E-state index in [0.29, 0.717) is 17.9 Å². The Morgan fingerprint density at radius 3 is 2.62 bits per heavy atom. The Hall–Kier alpha value is -2.07. The molecule has 0 fully saturated rings. The first-order valence-electron chi connectivity index (χ1n) is 6.83. The van der Waals surface area contributed by atoms with Crippen LogP contribution in [0.5, 0.6) is 11.5 Å². The molecule has 0 atom stereocenters. The lowest BCUT2D eigenvalue weighted by Gasteiger charge is -2.12. The summed E-state index contributed by atoms with van der Waals surface area (Å²) in [4.78, 5) is 0. The largest absolute Gasteiger partial charge is 0.496 e. The number of aryl methyl sites for hydroxylation is 1. The molecule has 0 aliphatic heterocycles. The summed E-state index contributed by atoms with van der Waals surface area (Å²) < 4.78 is 24.5. The molecule has 112 valence electrons. The van der Waals surface area contributed by atoms with E-state index in [1.807, 2.05) is 25.2 Å². The van der Waals surface area contributed by atoms with E-state index >= 15 is 0 Å². The van der Waals surface area contributed by atoms with E-state index in [1.165, 1.54) is 6.07 Å². The zero-order chi connectivity index (χ0) is 15.2. The normalized spacial score (nSPS) is 10.5. The molecule has 4 heteroatoms. The van der Waals surface area contributed by atoms with Crippen molar-refractivity contribution in [1.82, 2.24) is 5.32 Å². The minimum Gasteiger partial charge on any atom is -0.496 e. The van der Waals surface area contributed by atoms with Gasteiger partial charge in [-0.2, -0.15) is 0 Å². The average molecular weight is 289 g/mol. The Labute approximate surface area is 124 Å². The van der Waals surface area contributed by atoms with Gasteiger partial charge in [0.15, 0.2) is 0 Å². The Kier molecular flexibility index (Phi) is 5.17. The monoisotopic (exact) mass is 289 g/mol. The number of halogens is 1. The van der Waals surface area contributed by atoms with Crippen LogP contribution in [0.1, 0.15) is 16.7 Å². The second-order valence-corrected chi connectivity index (χ2v) is 4.88. The van der Waals surface area contributed by atoms with E-state index in [4.69, 9.17) is 9.47 Å². The van der Waals surface area contributed by atoms with Crippen LogP contribution >= 0.6 is 0 Å². The minimum absolute atomic E-state index is 0.261. The molecule has 21 heavy (non-hydrogen) atoms. The molecular formula is C17H20FNO2. The van der Waals surface area contributed by atoms with Crippen molar-refractivity contribution in [3.8, 4) is 11.5 Å². The molecule has 0 saturated heterocycles. The summed E-state index contributed by atoms with van der Waals surface area (Å²) in [7, 11) is 3.53. The molecule has 1 N–H and O–H groups in total. The highest BCUT2D eigenvalue weighted by Crippen LogP contribution is 2.23. The van der Waals surface area contributed by atoms with E-state index in [1.54, 1.807) is 26.2 Å². The predicted octanol–water partition coefficient (Wildman–Crippen LogP) is 3.44. The molecule has 0 amide bonds. The van der Waals surface area contributed by atoms with Crippen molar-refractivity contribution in [2.75, 3.05) is 14.2 Å². The maximum atomic E-state index is 13.5. The summed E-state index contributed by atoms with van der Waals surface area (Å²) in [6.07, 6.45) is 0. The summed E-state index contributed by atoms with van der Waals surface area (Å²) >= 11 is 0. The van der Waals surface area contributed by atoms with Crippen LogP contribution < -0.4 is 14.8 Å². The van der Waals surface area contributed by atoms with Crippen LogP contribution in [-0.2, 0) is 13.2 Å². The molecule has 0 bridgehead atoms. The summed E-state index contributed by atoms with van der Waals surface area (Å²) in [6.45, 7) is 2.84. The molecule has 0 saturated carbocycles. The molecule has 0 aromatic heterocycles. The van der Waals surface area contributed by atoms with Gasteiger partial charge in [0, 0.05) is 18.2 Å². The highest BCUT2D eigenvalue weighted by atomic mass is 19.1. The number of nitrogens with one attached hydrogen (secondary N) is 1. The Bertz CT molecular complexity index is 614. The third-order valence-electron chi connectivity index (χ3n) is 3.26. The van der Waals surface area contributed by atoms with Crippen molar-refractivity contribution in [2.45, 2.75) is 20.1 Å². The van der Waals surface area contributed by atoms with Crippen molar-refractivity contribution >= 4 is 0 Å². The minimum atomic E-state index is -0.261. The van der Waals surface area contributed by atoms with Gasteiger partial charge in [-0.05, 0) is 43.3 Å². The molecule has 2 rings (SSSR count). The summed E-state index contributed by atoms with van der Waals surface area (Å²) in [5.41, 5.74) is 2.69. The van der Waals surface area contributed by atoms with E-state index < -0.39 is 0 Å². The summed E-state index contributed by atoms with van der Waals surface area (Å²) in [5.74, 6) is 1.02. The van der Waals surface area contributed by atoms with Gasteiger partial charge in [0.2, 0.25) is 0 Å². The van der Waals surface area contributed by atoms with E-state index in [-0.39, 0.29) is 5.82 Å². The third-order valence-corrected chi connectivity index (χ3v) is 3.26. The highest BCUT2D eigenvalue weighted by molar-refractivity contribution is 5.37. The first-order valence-corrected chi connectivity index (χ1v) is 6.83. The topological polar surface area (TPSA) is 30.5 Å². The van der Waals surface area contributed by atoms with Gasteiger partial charge < -0.3 is 14.8 Å². The van der Waals surface area contributed by atoms with Gasteiger partial charge in [0.25, 0.3) is 0 Å². The lowest BCUT2D eigenvalue weighted by atomic mass is 10.1. The molecule has 2 aromatic carbocycles. The van der Waals surface area contributed by atoms with Gasteiger partial charge in [-0.15, -0.1) is 0 Å². The van der Waals surface area contributed by atoms with Gasteiger partial charge >= 0.3 is 0 Å². The van der Waals surface area contributed by atoms with Gasteiger partial charge in [-0.25, -0.2) is 4.39 Å². The van der Waals surface area contributed by atoms with Gasteiger partial charge in [0.1, 0.15) is 23.9 Å². The van der Waals surface area contributed by atoms with E-state index in [0.717, 1.165) is 23.4 Å². The van der Waals surface area contributed by atoms with E-state index in [9.17, 15) is 4.39 Å². The zero-order valence-corrected chi connectivity index (χ0v) is 12.6. The fraction of sp³-hybridized carbons (Fsp3) is 0.294. The fourth-order valence-corrected chi connectivity index (χ4v) is 2.08. The highest BCUT2D eigenvalue weighted by Gasteiger charge is 2.07. The van der Waals surface area contributed by atoms with Crippen LogP contribution in [0.15, 0.2) is 36.4 Å². The maximum absolute atomic E-state index is 13.5. The number of hydrogen-bond acceptors (Lipinski definition) is 3. The number of rotatable bonds is 6. The summed E-state index contributed by atoms with van der Waals surface area (Å²) in [5, 5.41) is 3.10. The quantitative estimate of drug-likeness (QED) is 0.883. The van der Waals surface area contributed by atoms with Crippen molar-refractivity contribution in [3.05, 3.63) is 58.9 Å². The van der Waals surface area contributed by atoms with Crippen molar-refractivity contribution in [3.63, 3.8) is 0 Å². The molecule has 2 aromatic rings. The van der Waals surface area contributed by atoms with Crippen molar-refractivity contribution in [1.29, 1.82) is 0 Å². The number of benzene rings is 2. The summed E-state index contributed by atoms with van der Waals surface area (Å²) in [6, 6.07) is 10.8. The lowest BCUT2D eigenvalue weighted by molar-refractivity contribution is 0.295. The molecule has 0 unspecified atom stereocenters. The number of methoxy groups -OCH3 is 1. The van der Waals surface area contributed by atoms with Crippen molar-refractivity contribution in [2.24, 2.45) is 0 Å². The maximum Gasteiger partial charge on any atom is 0.129 e. The molecule has 0 radical (unpaired) electrons. The first-order chi connectivity index (χ1) is 10.1. The third kappa shape index (κ3) is 3.95. The smallest absolute Gasteiger partial charge is 0.129 e.